The van der Waals surface area contributed by atoms with Gasteiger partial charge >= 0.3 is 0 Å². The van der Waals surface area contributed by atoms with Crippen molar-refractivity contribution in [3.05, 3.63) is 95.3 Å². The third-order valence-corrected chi connectivity index (χ3v) is 6.66. The SMILES string of the molecule is Cc1ccc(C(=O)NCCCS(=O)(=O)c2ccccc2)cc1NC(=O)c1ccccc1F. The molecule has 0 aromatic heterocycles. The quantitative estimate of drug-likeness (QED) is 0.504. The highest BCUT2D eigenvalue weighted by atomic mass is 32.2. The molecule has 32 heavy (non-hydrogen) atoms. The number of halogens is 1. The van der Waals surface area contributed by atoms with Gasteiger partial charge in [-0.2, -0.15) is 0 Å². The molecule has 0 fully saturated rings. The van der Waals surface area contributed by atoms with Crippen molar-refractivity contribution in [2.45, 2.75) is 18.2 Å². The molecule has 0 aliphatic heterocycles. The van der Waals surface area contributed by atoms with Crippen LogP contribution in [0.3, 0.4) is 0 Å². The molecule has 0 radical (unpaired) electrons. The van der Waals surface area contributed by atoms with E-state index < -0.39 is 27.5 Å². The standard InChI is InChI=1S/C24H23FN2O4S/c1-17-12-13-18(16-22(17)27-24(29)20-10-5-6-11-21(20)25)23(28)26-14-7-15-32(30,31)19-8-3-2-4-9-19/h2-6,8-13,16H,7,14-15H2,1H3,(H,26,28)(H,27,29). The fraction of sp³-hybridized carbons (Fsp3) is 0.167. The Morgan fingerprint density at radius 2 is 1.59 bits per heavy atom. The van der Waals surface area contributed by atoms with Crippen LogP contribution in [-0.2, 0) is 9.84 Å². The Labute approximate surface area is 186 Å². The molecule has 0 bridgehead atoms. The van der Waals surface area contributed by atoms with Crippen LogP contribution in [0.4, 0.5) is 10.1 Å². The number of carbonyl (C=O) groups is 2. The molecular weight excluding hydrogens is 431 g/mol. The minimum atomic E-state index is -3.41. The fourth-order valence-corrected chi connectivity index (χ4v) is 4.38. The highest BCUT2D eigenvalue weighted by molar-refractivity contribution is 7.91. The molecule has 2 N–H and O–H groups in total. The van der Waals surface area contributed by atoms with Crippen LogP contribution in [-0.4, -0.2) is 32.5 Å². The maximum absolute atomic E-state index is 13.8. The molecule has 3 aromatic rings. The minimum Gasteiger partial charge on any atom is -0.352 e. The summed E-state index contributed by atoms with van der Waals surface area (Å²) in [6.45, 7) is 1.93. The summed E-state index contributed by atoms with van der Waals surface area (Å²) >= 11 is 0. The van der Waals surface area contributed by atoms with Crippen molar-refractivity contribution in [1.82, 2.24) is 5.32 Å². The van der Waals surface area contributed by atoms with E-state index in [2.05, 4.69) is 10.6 Å². The van der Waals surface area contributed by atoms with Crippen LogP contribution >= 0.6 is 0 Å². The maximum atomic E-state index is 13.8. The highest BCUT2D eigenvalue weighted by Crippen LogP contribution is 2.19. The normalized spacial score (nSPS) is 11.1. The summed E-state index contributed by atoms with van der Waals surface area (Å²) in [6.07, 6.45) is 0.256. The van der Waals surface area contributed by atoms with Crippen LogP contribution in [0.5, 0.6) is 0 Å². The zero-order valence-electron chi connectivity index (χ0n) is 17.5. The predicted molar refractivity (Wildman–Crippen MR) is 121 cm³/mol. The molecule has 8 heteroatoms. The van der Waals surface area contributed by atoms with Crippen molar-refractivity contribution >= 4 is 27.3 Å². The van der Waals surface area contributed by atoms with Crippen LogP contribution in [0, 0.1) is 12.7 Å². The van der Waals surface area contributed by atoms with Crippen LogP contribution in [0.1, 0.15) is 32.7 Å². The lowest BCUT2D eigenvalue weighted by Crippen LogP contribution is -2.26. The molecule has 0 atom stereocenters. The first-order chi connectivity index (χ1) is 15.3. The van der Waals surface area contributed by atoms with Gasteiger partial charge < -0.3 is 10.6 Å². The molecule has 166 valence electrons. The van der Waals surface area contributed by atoms with Crippen molar-refractivity contribution in [1.29, 1.82) is 0 Å². The van der Waals surface area contributed by atoms with E-state index in [0.717, 1.165) is 0 Å². The van der Waals surface area contributed by atoms with Gasteiger partial charge in [-0.1, -0.05) is 36.4 Å². The average molecular weight is 455 g/mol. The molecule has 6 nitrogen and oxygen atoms in total. The number of sulfone groups is 1. The van der Waals surface area contributed by atoms with Crippen LogP contribution in [0.25, 0.3) is 0 Å². The van der Waals surface area contributed by atoms with Gasteiger partial charge in [-0.05, 0) is 55.3 Å². The first-order valence-corrected chi connectivity index (χ1v) is 11.7. The number of hydrogen-bond donors (Lipinski definition) is 2. The third-order valence-electron chi connectivity index (χ3n) is 4.84. The van der Waals surface area contributed by atoms with E-state index in [1.165, 1.54) is 36.4 Å². The van der Waals surface area contributed by atoms with Crippen molar-refractivity contribution in [2.75, 3.05) is 17.6 Å². The number of nitrogens with one attached hydrogen (secondary N) is 2. The van der Waals surface area contributed by atoms with Gasteiger partial charge in [0.1, 0.15) is 5.82 Å². The molecule has 3 aromatic carbocycles. The zero-order valence-corrected chi connectivity index (χ0v) is 18.3. The number of hydrogen-bond acceptors (Lipinski definition) is 4. The molecule has 0 spiro atoms. The van der Waals surface area contributed by atoms with Crippen molar-refractivity contribution in [2.24, 2.45) is 0 Å². The van der Waals surface area contributed by atoms with E-state index in [0.29, 0.717) is 16.8 Å². The van der Waals surface area contributed by atoms with Crippen molar-refractivity contribution in [3.63, 3.8) is 0 Å². The van der Waals surface area contributed by atoms with Crippen molar-refractivity contribution < 1.29 is 22.4 Å². The van der Waals surface area contributed by atoms with Gasteiger partial charge in [-0.25, -0.2) is 12.8 Å². The minimum absolute atomic E-state index is 0.0882. The number of amides is 2. The average Bonchev–Trinajstić information content (AvgIpc) is 2.79. The van der Waals surface area contributed by atoms with Gasteiger partial charge in [0.15, 0.2) is 9.84 Å². The Balaban J connectivity index is 1.59. The number of anilines is 1. The molecule has 3 rings (SSSR count). The molecule has 0 heterocycles. The highest BCUT2D eigenvalue weighted by Gasteiger charge is 2.15. The van der Waals surface area contributed by atoms with Gasteiger partial charge in [0.05, 0.1) is 16.2 Å². The number of rotatable bonds is 8. The molecule has 0 saturated heterocycles. The van der Waals surface area contributed by atoms with E-state index in [4.69, 9.17) is 0 Å². The van der Waals surface area contributed by atoms with Crippen LogP contribution < -0.4 is 10.6 Å². The van der Waals surface area contributed by atoms with Gasteiger partial charge in [0, 0.05) is 17.8 Å². The van der Waals surface area contributed by atoms with Gasteiger partial charge in [-0.3, -0.25) is 9.59 Å². The van der Waals surface area contributed by atoms with Gasteiger partial charge in [0.2, 0.25) is 0 Å². The molecule has 0 aliphatic carbocycles. The molecule has 0 saturated carbocycles. The Kier molecular flexibility index (Phi) is 7.37. The summed E-state index contributed by atoms with van der Waals surface area (Å²) in [5.74, 6) is -1.74. The molecule has 2 amide bonds. The fourth-order valence-electron chi connectivity index (χ4n) is 3.04. The van der Waals surface area contributed by atoms with Crippen molar-refractivity contribution in [3.8, 4) is 0 Å². The number of carbonyl (C=O) groups excluding carboxylic acids is 2. The summed E-state index contributed by atoms with van der Waals surface area (Å²) in [5.41, 5.74) is 1.30. The smallest absolute Gasteiger partial charge is 0.258 e. The summed E-state index contributed by atoms with van der Waals surface area (Å²) in [5, 5.41) is 5.32. The van der Waals surface area contributed by atoms with E-state index in [1.54, 1.807) is 43.3 Å². The Morgan fingerprint density at radius 1 is 0.906 bits per heavy atom. The lowest BCUT2D eigenvalue weighted by atomic mass is 10.1. The Hall–Kier alpha value is -3.52. The lowest BCUT2D eigenvalue weighted by molar-refractivity contribution is 0.0952. The van der Waals surface area contributed by atoms with E-state index >= 15 is 0 Å². The van der Waals surface area contributed by atoms with Gasteiger partial charge in [0.25, 0.3) is 11.8 Å². The second kappa shape index (κ2) is 10.2. The monoisotopic (exact) mass is 454 g/mol. The largest absolute Gasteiger partial charge is 0.352 e. The molecule has 0 unspecified atom stereocenters. The number of benzene rings is 3. The molecule has 0 aliphatic rings. The van der Waals surface area contributed by atoms with Crippen LogP contribution in [0.2, 0.25) is 0 Å². The predicted octanol–water partition coefficient (Wildman–Crippen LogP) is 3.98. The first-order valence-electron chi connectivity index (χ1n) is 10.0. The lowest BCUT2D eigenvalue weighted by Gasteiger charge is -2.12. The molecular formula is C24H23FN2O4S. The second-order valence-electron chi connectivity index (χ2n) is 7.21. The van der Waals surface area contributed by atoms with E-state index in [1.807, 2.05) is 0 Å². The summed E-state index contributed by atoms with van der Waals surface area (Å²) < 4.78 is 38.4. The zero-order chi connectivity index (χ0) is 23.1. The summed E-state index contributed by atoms with van der Waals surface area (Å²) in [4.78, 5) is 25.1. The summed E-state index contributed by atoms with van der Waals surface area (Å²) in [6, 6.07) is 18.6. The van der Waals surface area contributed by atoms with E-state index in [9.17, 15) is 22.4 Å². The maximum Gasteiger partial charge on any atom is 0.258 e. The third kappa shape index (κ3) is 5.79. The Morgan fingerprint density at radius 3 is 2.31 bits per heavy atom. The Bertz CT molecular complexity index is 1230. The topological polar surface area (TPSA) is 92.3 Å². The first kappa shape index (κ1) is 23.1. The second-order valence-corrected chi connectivity index (χ2v) is 9.31. The number of aryl methyl sites for hydroxylation is 1. The van der Waals surface area contributed by atoms with E-state index in [-0.39, 0.29) is 29.2 Å². The van der Waals surface area contributed by atoms with Gasteiger partial charge in [-0.15, -0.1) is 0 Å². The van der Waals surface area contributed by atoms with Crippen LogP contribution in [0.15, 0.2) is 77.7 Å². The summed E-state index contributed by atoms with van der Waals surface area (Å²) in [7, 11) is -3.41.